The summed E-state index contributed by atoms with van der Waals surface area (Å²) in [5.74, 6) is 0.486. The van der Waals surface area contributed by atoms with Crippen LogP contribution >= 0.6 is 0 Å². The highest BCUT2D eigenvalue weighted by molar-refractivity contribution is 7.89. The number of methoxy groups -OCH3 is 1. The molecule has 7 heteroatoms. The van der Waals surface area contributed by atoms with Gasteiger partial charge in [-0.05, 0) is 35.9 Å². The second-order valence-corrected chi connectivity index (χ2v) is 7.02. The monoisotopic (exact) mass is 355 g/mol. The zero-order chi connectivity index (χ0) is 17.7. The van der Waals surface area contributed by atoms with E-state index >= 15 is 0 Å². The Kier molecular flexibility index (Phi) is 5.06. The molecule has 0 aliphatic carbocycles. The molecule has 2 aromatic heterocycles. The number of rotatable bonds is 6. The van der Waals surface area contributed by atoms with E-state index in [-0.39, 0.29) is 11.4 Å². The zero-order valence-electron chi connectivity index (χ0n) is 13.6. The average molecular weight is 355 g/mol. The van der Waals surface area contributed by atoms with E-state index in [0.29, 0.717) is 11.4 Å². The Morgan fingerprint density at radius 3 is 2.68 bits per heavy atom. The van der Waals surface area contributed by atoms with Gasteiger partial charge in [0.15, 0.2) is 0 Å². The van der Waals surface area contributed by atoms with Gasteiger partial charge >= 0.3 is 0 Å². The van der Waals surface area contributed by atoms with Crippen molar-refractivity contribution < 1.29 is 13.2 Å². The van der Waals surface area contributed by atoms with E-state index in [1.807, 2.05) is 18.2 Å². The summed E-state index contributed by atoms with van der Waals surface area (Å²) >= 11 is 0. The molecule has 0 saturated heterocycles. The van der Waals surface area contributed by atoms with E-state index in [2.05, 4.69) is 14.7 Å². The minimum atomic E-state index is -3.66. The van der Waals surface area contributed by atoms with Crippen LogP contribution in [0.5, 0.6) is 5.75 Å². The number of sulfonamides is 1. The fourth-order valence-corrected chi connectivity index (χ4v) is 3.41. The molecule has 3 rings (SSSR count). The normalized spacial score (nSPS) is 11.2. The van der Waals surface area contributed by atoms with Crippen molar-refractivity contribution in [2.24, 2.45) is 0 Å². The first-order chi connectivity index (χ1) is 12.1. The molecule has 0 fully saturated rings. The Morgan fingerprint density at radius 1 is 1.08 bits per heavy atom. The Hall–Kier alpha value is -2.77. The third-order valence-electron chi connectivity index (χ3n) is 3.63. The molecule has 0 aliphatic heterocycles. The second kappa shape index (κ2) is 7.42. The zero-order valence-corrected chi connectivity index (χ0v) is 14.4. The predicted molar refractivity (Wildman–Crippen MR) is 94.5 cm³/mol. The number of nitrogens with one attached hydrogen (secondary N) is 1. The molecule has 0 bridgehead atoms. The highest BCUT2D eigenvalue weighted by Crippen LogP contribution is 2.21. The van der Waals surface area contributed by atoms with Crippen LogP contribution in [0.1, 0.15) is 5.56 Å². The van der Waals surface area contributed by atoms with Crippen molar-refractivity contribution in [3.63, 3.8) is 0 Å². The molecule has 0 spiro atoms. The van der Waals surface area contributed by atoms with Crippen molar-refractivity contribution in [3.8, 4) is 17.0 Å². The maximum Gasteiger partial charge on any atom is 0.241 e. The maximum atomic E-state index is 12.5. The Morgan fingerprint density at radius 2 is 1.92 bits per heavy atom. The predicted octanol–water partition coefficient (Wildman–Crippen LogP) is 2.63. The lowest BCUT2D eigenvalue weighted by molar-refractivity contribution is 0.413. The third kappa shape index (κ3) is 4.01. The van der Waals surface area contributed by atoms with Crippen molar-refractivity contribution in [2.45, 2.75) is 11.4 Å². The van der Waals surface area contributed by atoms with Crippen molar-refractivity contribution >= 4 is 10.0 Å². The molecule has 6 nitrogen and oxygen atoms in total. The van der Waals surface area contributed by atoms with Gasteiger partial charge in [-0.15, -0.1) is 0 Å². The number of pyridine rings is 2. The Labute approximate surface area is 146 Å². The molecule has 2 heterocycles. The van der Waals surface area contributed by atoms with Crippen LogP contribution in [-0.2, 0) is 16.6 Å². The van der Waals surface area contributed by atoms with Gasteiger partial charge in [0.05, 0.1) is 17.7 Å². The van der Waals surface area contributed by atoms with Gasteiger partial charge in [0.1, 0.15) is 5.75 Å². The topological polar surface area (TPSA) is 81.2 Å². The van der Waals surface area contributed by atoms with Gasteiger partial charge in [-0.3, -0.25) is 9.97 Å². The van der Waals surface area contributed by atoms with Gasteiger partial charge in [-0.2, -0.15) is 0 Å². The SMILES string of the molecule is COc1cccc(S(=O)(=O)NCc2cccnc2-c2cccnc2)c1. The summed E-state index contributed by atoms with van der Waals surface area (Å²) in [4.78, 5) is 8.59. The van der Waals surface area contributed by atoms with E-state index in [1.165, 1.54) is 19.2 Å². The summed E-state index contributed by atoms with van der Waals surface area (Å²) in [6.45, 7) is 0.123. The fourth-order valence-electron chi connectivity index (χ4n) is 2.37. The van der Waals surface area contributed by atoms with Crippen molar-refractivity contribution in [1.82, 2.24) is 14.7 Å². The van der Waals surface area contributed by atoms with Gasteiger partial charge in [0.25, 0.3) is 0 Å². The minimum absolute atomic E-state index is 0.123. The standard InChI is InChI=1S/C18H17N3O3S/c1-24-16-7-2-8-17(11-16)25(22,23)21-13-15-6-4-10-20-18(15)14-5-3-9-19-12-14/h2-12,21H,13H2,1H3. The van der Waals surface area contributed by atoms with Gasteiger partial charge in [-0.25, -0.2) is 13.1 Å². The Bertz CT molecular complexity index is 960. The lowest BCUT2D eigenvalue weighted by Crippen LogP contribution is -2.23. The van der Waals surface area contributed by atoms with Gasteiger partial charge in [-0.1, -0.05) is 12.1 Å². The van der Waals surface area contributed by atoms with Gasteiger partial charge in [0.2, 0.25) is 10.0 Å². The molecule has 0 unspecified atom stereocenters. The van der Waals surface area contributed by atoms with Crippen molar-refractivity contribution in [2.75, 3.05) is 7.11 Å². The molecule has 1 aromatic carbocycles. The van der Waals surface area contributed by atoms with Crippen molar-refractivity contribution in [1.29, 1.82) is 0 Å². The molecule has 3 aromatic rings. The van der Waals surface area contributed by atoms with E-state index in [9.17, 15) is 8.42 Å². The summed E-state index contributed by atoms with van der Waals surface area (Å²) in [6, 6.07) is 13.6. The van der Waals surface area contributed by atoms with E-state index in [4.69, 9.17) is 4.74 Å². The van der Waals surface area contributed by atoms with Crippen LogP contribution in [0.3, 0.4) is 0 Å². The molecular weight excluding hydrogens is 338 g/mol. The quantitative estimate of drug-likeness (QED) is 0.735. The summed E-state index contributed by atoms with van der Waals surface area (Å²) in [6.07, 6.45) is 5.04. The average Bonchev–Trinajstić information content (AvgIpc) is 2.67. The second-order valence-electron chi connectivity index (χ2n) is 5.26. The summed E-state index contributed by atoms with van der Waals surface area (Å²) < 4.78 is 32.7. The number of hydrogen-bond donors (Lipinski definition) is 1. The van der Waals surface area contributed by atoms with Crippen LogP contribution in [0.2, 0.25) is 0 Å². The largest absolute Gasteiger partial charge is 0.497 e. The summed E-state index contributed by atoms with van der Waals surface area (Å²) in [5, 5.41) is 0. The van der Waals surface area contributed by atoms with E-state index in [1.54, 1.807) is 36.8 Å². The Balaban J connectivity index is 1.84. The lowest BCUT2D eigenvalue weighted by atomic mass is 10.1. The number of ether oxygens (including phenoxy) is 1. The van der Waals surface area contributed by atoms with Crippen LogP contribution in [0.15, 0.2) is 72.0 Å². The molecule has 25 heavy (non-hydrogen) atoms. The summed E-state index contributed by atoms with van der Waals surface area (Å²) in [7, 11) is -2.17. The number of benzene rings is 1. The van der Waals surface area contributed by atoms with Crippen LogP contribution < -0.4 is 9.46 Å². The van der Waals surface area contributed by atoms with Crippen molar-refractivity contribution in [3.05, 3.63) is 72.7 Å². The molecule has 128 valence electrons. The molecule has 1 N–H and O–H groups in total. The number of nitrogens with zero attached hydrogens (tertiary/aromatic N) is 2. The molecule has 0 aliphatic rings. The minimum Gasteiger partial charge on any atom is -0.497 e. The summed E-state index contributed by atoms with van der Waals surface area (Å²) in [5.41, 5.74) is 2.30. The van der Waals surface area contributed by atoms with Gasteiger partial charge in [0, 0.05) is 36.8 Å². The number of aromatic nitrogens is 2. The highest BCUT2D eigenvalue weighted by atomic mass is 32.2. The van der Waals surface area contributed by atoms with Gasteiger partial charge < -0.3 is 4.74 Å². The molecule has 0 saturated carbocycles. The van der Waals surface area contributed by atoms with E-state index in [0.717, 1.165) is 11.1 Å². The first-order valence-electron chi connectivity index (χ1n) is 7.58. The maximum absolute atomic E-state index is 12.5. The van der Waals surface area contributed by atoms with Crippen LogP contribution in [0.4, 0.5) is 0 Å². The molecular formula is C18H17N3O3S. The smallest absolute Gasteiger partial charge is 0.241 e. The first-order valence-corrected chi connectivity index (χ1v) is 9.06. The molecule has 0 radical (unpaired) electrons. The van der Waals surface area contributed by atoms with Crippen LogP contribution in [-0.4, -0.2) is 25.5 Å². The fraction of sp³-hybridized carbons (Fsp3) is 0.111. The molecule has 0 amide bonds. The van der Waals surface area contributed by atoms with Crippen LogP contribution in [0.25, 0.3) is 11.3 Å². The van der Waals surface area contributed by atoms with Crippen LogP contribution in [0, 0.1) is 0 Å². The lowest BCUT2D eigenvalue weighted by Gasteiger charge is -2.11. The highest BCUT2D eigenvalue weighted by Gasteiger charge is 2.16. The first kappa shape index (κ1) is 17.1. The van der Waals surface area contributed by atoms with E-state index < -0.39 is 10.0 Å². The number of hydrogen-bond acceptors (Lipinski definition) is 5. The third-order valence-corrected chi connectivity index (χ3v) is 5.03. The molecule has 0 atom stereocenters.